The minimum absolute atomic E-state index is 0.905. The number of hydrogen-bond donors (Lipinski definition) is 1. The third-order valence-corrected chi connectivity index (χ3v) is 0.431. The first-order valence-electron chi connectivity index (χ1n) is 1.96. The maximum atomic E-state index is 9.65. The molecule has 0 fully saturated rings. The van der Waals surface area contributed by atoms with E-state index in [1.54, 1.807) is 13.3 Å². The summed E-state index contributed by atoms with van der Waals surface area (Å²) < 4.78 is 0. The number of hydrogen-bond acceptors (Lipinski definition) is 1. The first kappa shape index (κ1) is 6.21. The summed E-state index contributed by atoms with van der Waals surface area (Å²) in [5.74, 6) is -0.905. The highest BCUT2D eigenvalue weighted by Gasteiger charge is 1.79. The Labute approximate surface area is 42.5 Å². The molecule has 0 aliphatic carbocycles. The van der Waals surface area contributed by atoms with E-state index in [4.69, 9.17) is 5.11 Å². The van der Waals surface area contributed by atoms with Gasteiger partial charge < -0.3 is 5.11 Å². The molecule has 0 aromatic carbocycles. The van der Waals surface area contributed by atoms with Crippen LogP contribution in [0.1, 0.15) is 6.92 Å². The fraction of sp³-hybridized carbons (Fsp3) is 0.200. The Kier molecular flexibility index (Phi) is 3.02. The molecule has 0 aliphatic heterocycles. The van der Waals surface area contributed by atoms with Gasteiger partial charge >= 0.3 is 5.97 Å². The molecule has 1 N–H and O–H groups in total. The smallest absolute Gasteiger partial charge is 0.327 e. The van der Waals surface area contributed by atoms with E-state index in [9.17, 15) is 4.79 Å². The highest BCUT2D eigenvalue weighted by Crippen LogP contribution is 1.75. The summed E-state index contributed by atoms with van der Waals surface area (Å²) in [6.07, 6.45) is 4.22. The molecular weight excluding hydrogens is 92.1 g/mol. The number of rotatable bonds is 2. The van der Waals surface area contributed by atoms with Crippen molar-refractivity contribution in [2.75, 3.05) is 0 Å². The van der Waals surface area contributed by atoms with Crippen LogP contribution in [0.15, 0.2) is 12.2 Å². The first-order chi connectivity index (χ1) is 3.27. The van der Waals surface area contributed by atoms with Crippen LogP contribution in [-0.4, -0.2) is 11.1 Å². The molecule has 0 aromatic heterocycles. The summed E-state index contributed by atoms with van der Waals surface area (Å²) in [7, 11) is 0. The lowest BCUT2D eigenvalue weighted by atomic mass is 10.4. The quantitative estimate of drug-likeness (QED) is 0.521. The summed E-state index contributed by atoms with van der Waals surface area (Å²) in [6.45, 7) is 1.76. The number of carboxylic acid groups (broad SMARTS) is 1. The van der Waals surface area contributed by atoms with E-state index in [1.807, 2.05) is 0 Å². The summed E-state index contributed by atoms with van der Waals surface area (Å²) >= 11 is 0. The van der Waals surface area contributed by atoms with Gasteiger partial charge in [0.15, 0.2) is 0 Å². The van der Waals surface area contributed by atoms with Crippen molar-refractivity contribution in [2.45, 2.75) is 6.92 Å². The van der Waals surface area contributed by atoms with Gasteiger partial charge in [-0.2, -0.15) is 0 Å². The predicted octanol–water partition coefficient (Wildman–Crippen LogP) is 0.851. The molecule has 2 nitrogen and oxygen atoms in total. The Morgan fingerprint density at radius 2 is 2.29 bits per heavy atom. The van der Waals surface area contributed by atoms with Gasteiger partial charge in [-0.25, -0.2) is 4.79 Å². The van der Waals surface area contributed by atoms with Crippen molar-refractivity contribution >= 4 is 5.97 Å². The number of carboxylic acids is 1. The van der Waals surface area contributed by atoms with Crippen molar-refractivity contribution in [3.63, 3.8) is 0 Å². The Balaban J connectivity index is 3.26. The summed E-state index contributed by atoms with van der Waals surface area (Å²) in [5.41, 5.74) is 0. The van der Waals surface area contributed by atoms with E-state index in [0.717, 1.165) is 6.08 Å². The second kappa shape index (κ2) is 3.40. The van der Waals surface area contributed by atoms with Crippen molar-refractivity contribution in [2.24, 2.45) is 0 Å². The van der Waals surface area contributed by atoms with E-state index in [2.05, 4.69) is 0 Å². The number of aliphatic carboxylic acids is 1. The van der Waals surface area contributed by atoms with Gasteiger partial charge in [0.05, 0.1) is 0 Å². The van der Waals surface area contributed by atoms with E-state index >= 15 is 0 Å². The Hall–Kier alpha value is -0.790. The maximum Gasteiger partial charge on any atom is 0.327 e. The van der Waals surface area contributed by atoms with Crippen molar-refractivity contribution in [3.05, 3.63) is 18.6 Å². The van der Waals surface area contributed by atoms with Gasteiger partial charge in [0.25, 0.3) is 0 Å². The lowest BCUT2D eigenvalue weighted by Crippen LogP contribution is -1.84. The Bertz CT molecular complexity index is 84.1. The monoisotopic (exact) mass is 99.0 g/mol. The van der Waals surface area contributed by atoms with Gasteiger partial charge in [0.1, 0.15) is 0 Å². The molecule has 0 amide bonds. The molecule has 0 atom stereocenters. The molecular formula is C5H7O2. The van der Waals surface area contributed by atoms with Crippen LogP contribution in [0.25, 0.3) is 0 Å². The molecule has 0 aliphatic rings. The van der Waals surface area contributed by atoms with Crippen molar-refractivity contribution in [1.82, 2.24) is 0 Å². The molecule has 1 radical (unpaired) electrons. The predicted molar refractivity (Wildman–Crippen MR) is 26.7 cm³/mol. The molecule has 7 heavy (non-hydrogen) atoms. The van der Waals surface area contributed by atoms with Crippen LogP contribution in [0.2, 0.25) is 0 Å². The zero-order valence-electron chi connectivity index (χ0n) is 4.09. The lowest BCUT2D eigenvalue weighted by Gasteiger charge is -1.73. The number of allylic oxidation sites excluding steroid dienone is 1. The van der Waals surface area contributed by atoms with Crippen LogP contribution in [0.3, 0.4) is 0 Å². The third kappa shape index (κ3) is 5.21. The minimum Gasteiger partial charge on any atom is -0.478 e. The van der Waals surface area contributed by atoms with Crippen LogP contribution >= 0.6 is 0 Å². The average Bonchev–Trinajstić information content (AvgIpc) is 1.61. The summed E-state index contributed by atoms with van der Waals surface area (Å²) in [5, 5.41) is 7.94. The molecule has 0 bridgehead atoms. The molecule has 0 aromatic rings. The summed E-state index contributed by atoms with van der Waals surface area (Å²) in [4.78, 5) is 9.65. The van der Waals surface area contributed by atoms with Gasteiger partial charge in [0, 0.05) is 6.08 Å². The van der Waals surface area contributed by atoms with E-state index < -0.39 is 5.97 Å². The second-order valence-electron chi connectivity index (χ2n) is 1.03. The fourth-order valence-electron chi connectivity index (χ4n) is 0.179. The zero-order valence-corrected chi connectivity index (χ0v) is 4.09. The van der Waals surface area contributed by atoms with Gasteiger partial charge in [-0.15, -0.1) is 0 Å². The number of carbonyl (C=O) groups is 1. The van der Waals surface area contributed by atoms with E-state index in [-0.39, 0.29) is 0 Å². The molecule has 2 heteroatoms. The first-order valence-corrected chi connectivity index (χ1v) is 1.96. The zero-order chi connectivity index (χ0) is 5.70. The topological polar surface area (TPSA) is 37.3 Å². The second-order valence-corrected chi connectivity index (χ2v) is 1.03. The molecule has 0 spiro atoms. The van der Waals surface area contributed by atoms with Crippen LogP contribution in [0, 0.1) is 6.42 Å². The highest BCUT2D eigenvalue weighted by atomic mass is 16.4. The van der Waals surface area contributed by atoms with Crippen LogP contribution in [0.4, 0.5) is 0 Å². The molecule has 0 saturated heterocycles. The van der Waals surface area contributed by atoms with Crippen LogP contribution in [0.5, 0.6) is 0 Å². The average molecular weight is 99.1 g/mol. The van der Waals surface area contributed by atoms with Crippen LogP contribution < -0.4 is 0 Å². The molecule has 0 rings (SSSR count). The Morgan fingerprint density at radius 1 is 1.71 bits per heavy atom. The highest BCUT2D eigenvalue weighted by molar-refractivity contribution is 5.79. The van der Waals surface area contributed by atoms with Crippen molar-refractivity contribution < 1.29 is 9.90 Å². The van der Waals surface area contributed by atoms with Gasteiger partial charge in [-0.05, 0) is 6.42 Å². The van der Waals surface area contributed by atoms with Gasteiger partial charge in [0.2, 0.25) is 0 Å². The largest absolute Gasteiger partial charge is 0.478 e. The standard InChI is InChI=1S/C5H7O2/c1-2-3-4-5(6)7/h2-4H,1H3,(H,6,7). The summed E-state index contributed by atoms with van der Waals surface area (Å²) in [6, 6.07) is 0. The van der Waals surface area contributed by atoms with Crippen LogP contribution in [-0.2, 0) is 4.79 Å². The van der Waals surface area contributed by atoms with Gasteiger partial charge in [-0.1, -0.05) is 13.0 Å². The maximum absolute atomic E-state index is 9.65. The van der Waals surface area contributed by atoms with Crippen molar-refractivity contribution in [1.29, 1.82) is 0 Å². The molecule has 0 heterocycles. The molecule has 39 valence electrons. The SMILES string of the molecule is C[CH]C=CC(=O)O. The molecule has 0 unspecified atom stereocenters. The molecule has 0 saturated carbocycles. The van der Waals surface area contributed by atoms with Crippen molar-refractivity contribution in [3.8, 4) is 0 Å². The van der Waals surface area contributed by atoms with E-state index in [1.165, 1.54) is 6.08 Å². The lowest BCUT2D eigenvalue weighted by molar-refractivity contribution is -0.131. The minimum atomic E-state index is -0.905. The third-order valence-electron chi connectivity index (χ3n) is 0.431. The van der Waals surface area contributed by atoms with Gasteiger partial charge in [-0.3, -0.25) is 0 Å². The normalized spacial score (nSPS) is 9.86. The van der Waals surface area contributed by atoms with E-state index in [0.29, 0.717) is 0 Å². The fourth-order valence-corrected chi connectivity index (χ4v) is 0.179. The Morgan fingerprint density at radius 3 is 2.43 bits per heavy atom.